The minimum absolute atomic E-state index is 0. The van der Waals surface area contributed by atoms with Gasteiger partial charge in [-0.3, -0.25) is 11.3 Å². The number of hydrazine groups is 1. The highest BCUT2D eigenvalue weighted by Crippen LogP contribution is 2.37. The summed E-state index contributed by atoms with van der Waals surface area (Å²) < 4.78 is 36.4. The Balaban J connectivity index is 0.00000144. The van der Waals surface area contributed by atoms with Crippen molar-refractivity contribution in [1.82, 2.24) is 5.43 Å². The van der Waals surface area contributed by atoms with E-state index in [9.17, 15) is 13.2 Å². The highest BCUT2D eigenvalue weighted by atomic mass is 35.5. The molecule has 80 valence electrons. The SMILES string of the molecule is Cl.NNC1CCC(C(F)(F)F)CC1. The van der Waals surface area contributed by atoms with Gasteiger partial charge in [0, 0.05) is 6.04 Å². The molecular weight excluding hydrogens is 205 g/mol. The van der Waals surface area contributed by atoms with E-state index in [4.69, 9.17) is 5.84 Å². The Morgan fingerprint density at radius 3 is 1.85 bits per heavy atom. The van der Waals surface area contributed by atoms with Gasteiger partial charge >= 0.3 is 6.18 Å². The second-order valence-electron chi connectivity index (χ2n) is 3.26. The molecule has 0 radical (unpaired) electrons. The van der Waals surface area contributed by atoms with Gasteiger partial charge in [-0.05, 0) is 25.7 Å². The number of hydrogen-bond donors (Lipinski definition) is 2. The van der Waals surface area contributed by atoms with Gasteiger partial charge in [-0.2, -0.15) is 13.2 Å². The molecule has 2 nitrogen and oxygen atoms in total. The molecule has 0 heterocycles. The molecule has 0 amide bonds. The van der Waals surface area contributed by atoms with Gasteiger partial charge in [-0.1, -0.05) is 0 Å². The third kappa shape index (κ3) is 3.70. The van der Waals surface area contributed by atoms with Crippen molar-refractivity contribution in [2.24, 2.45) is 11.8 Å². The van der Waals surface area contributed by atoms with Crippen molar-refractivity contribution in [3.63, 3.8) is 0 Å². The van der Waals surface area contributed by atoms with Crippen LogP contribution in [0.2, 0.25) is 0 Å². The molecule has 1 saturated carbocycles. The molecule has 0 aromatic rings. The lowest BCUT2D eigenvalue weighted by Crippen LogP contribution is -2.40. The van der Waals surface area contributed by atoms with Crippen LogP contribution in [0.25, 0.3) is 0 Å². The Labute approximate surface area is 81.4 Å². The lowest BCUT2D eigenvalue weighted by molar-refractivity contribution is -0.182. The zero-order valence-electron chi connectivity index (χ0n) is 7.10. The lowest BCUT2D eigenvalue weighted by Gasteiger charge is -2.29. The Bertz CT molecular complexity index is 143. The third-order valence-electron chi connectivity index (χ3n) is 2.43. The molecule has 1 fully saturated rings. The van der Waals surface area contributed by atoms with Crippen LogP contribution in [0, 0.1) is 5.92 Å². The van der Waals surface area contributed by atoms with Gasteiger partial charge in [-0.15, -0.1) is 12.4 Å². The van der Waals surface area contributed by atoms with Crippen molar-refractivity contribution in [1.29, 1.82) is 0 Å². The van der Waals surface area contributed by atoms with Crippen LogP contribution in [0.5, 0.6) is 0 Å². The predicted octanol–water partition coefficient (Wildman–Crippen LogP) is 1.99. The molecule has 1 aliphatic carbocycles. The maximum atomic E-state index is 12.1. The molecule has 0 bridgehead atoms. The minimum Gasteiger partial charge on any atom is -0.271 e. The Morgan fingerprint density at radius 2 is 1.54 bits per heavy atom. The first-order valence-electron chi connectivity index (χ1n) is 4.07. The van der Waals surface area contributed by atoms with Crippen molar-refractivity contribution in [3.05, 3.63) is 0 Å². The molecule has 0 aromatic heterocycles. The van der Waals surface area contributed by atoms with E-state index in [2.05, 4.69) is 5.43 Å². The number of halogens is 4. The zero-order valence-corrected chi connectivity index (χ0v) is 7.92. The van der Waals surface area contributed by atoms with Crippen LogP contribution in [-0.4, -0.2) is 12.2 Å². The van der Waals surface area contributed by atoms with Gasteiger partial charge in [-0.25, -0.2) is 0 Å². The molecule has 3 N–H and O–H groups in total. The molecule has 0 unspecified atom stereocenters. The smallest absolute Gasteiger partial charge is 0.271 e. The summed E-state index contributed by atoms with van der Waals surface area (Å²) in [7, 11) is 0. The van der Waals surface area contributed by atoms with Crippen LogP contribution in [0.1, 0.15) is 25.7 Å². The topological polar surface area (TPSA) is 38.0 Å². The minimum atomic E-state index is -4.01. The van der Waals surface area contributed by atoms with Crippen molar-refractivity contribution in [2.75, 3.05) is 0 Å². The standard InChI is InChI=1S/C7H13F3N2.ClH/c8-7(9,10)5-1-3-6(12-11)4-2-5;/h5-6,12H,1-4,11H2;1H. The highest BCUT2D eigenvalue weighted by molar-refractivity contribution is 5.85. The van der Waals surface area contributed by atoms with E-state index < -0.39 is 12.1 Å². The maximum Gasteiger partial charge on any atom is 0.391 e. The highest BCUT2D eigenvalue weighted by Gasteiger charge is 2.41. The average Bonchev–Trinajstić information content (AvgIpc) is 2.03. The Morgan fingerprint density at radius 1 is 1.08 bits per heavy atom. The van der Waals surface area contributed by atoms with E-state index in [1.807, 2.05) is 0 Å². The molecule has 1 aliphatic rings. The molecule has 6 heteroatoms. The van der Waals surface area contributed by atoms with Crippen LogP contribution < -0.4 is 11.3 Å². The van der Waals surface area contributed by atoms with Gasteiger partial charge in [0.15, 0.2) is 0 Å². The van der Waals surface area contributed by atoms with Crippen LogP contribution in [0.4, 0.5) is 13.2 Å². The van der Waals surface area contributed by atoms with Crippen LogP contribution >= 0.6 is 12.4 Å². The van der Waals surface area contributed by atoms with Gasteiger partial charge in [0.25, 0.3) is 0 Å². The van der Waals surface area contributed by atoms with Crippen molar-refractivity contribution >= 4 is 12.4 Å². The number of nitrogens with two attached hydrogens (primary N) is 1. The first-order valence-corrected chi connectivity index (χ1v) is 4.07. The molecule has 0 saturated heterocycles. The summed E-state index contributed by atoms with van der Waals surface area (Å²) in [5.74, 6) is 4.02. The predicted molar refractivity (Wildman–Crippen MR) is 46.4 cm³/mol. The number of rotatable bonds is 1. The van der Waals surface area contributed by atoms with Gasteiger partial charge in [0.2, 0.25) is 0 Å². The van der Waals surface area contributed by atoms with E-state index in [-0.39, 0.29) is 31.3 Å². The van der Waals surface area contributed by atoms with Crippen molar-refractivity contribution in [3.8, 4) is 0 Å². The molecule has 0 aromatic carbocycles. The van der Waals surface area contributed by atoms with Gasteiger partial charge < -0.3 is 0 Å². The van der Waals surface area contributed by atoms with E-state index in [0.29, 0.717) is 12.8 Å². The number of alkyl halides is 3. The molecule has 0 spiro atoms. The fraction of sp³-hybridized carbons (Fsp3) is 1.00. The molecule has 0 aliphatic heterocycles. The first kappa shape index (κ1) is 13.0. The number of hydrogen-bond acceptors (Lipinski definition) is 2. The molecular formula is C7H14ClF3N2. The van der Waals surface area contributed by atoms with E-state index >= 15 is 0 Å². The monoisotopic (exact) mass is 218 g/mol. The van der Waals surface area contributed by atoms with Crippen LogP contribution in [0.15, 0.2) is 0 Å². The van der Waals surface area contributed by atoms with Crippen molar-refractivity contribution < 1.29 is 13.2 Å². The fourth-order valence-corrected chi connectivity index (χ4v) is 1.59. The summed E-state index contributed by atoms with van der Waals surface area (Å²) in [6, 6.07) is 0.0728. The molecule has 13 heavy (non-hydrogen) atoms. The average molecular weight is 219 g/mol. The largest absolute Gasteiger partial charge is 0.391 e. The lowest BCUT2D eigenvalue weighted by atomic mass is 9.86. The Hall–Kier alpha value is -0.0000000000000000555. The van der Waals surface area contributed by atoms with Crippen molar-refractivity contribution in [2.45, 2.75) is 37.9 Å². The molecule has 1 rings (SSSR count). The fourth-order valence-electron chi connectivity index (χ4n) is 1.59. The molecule has 0 atom stereocenters. The second kappa shape index (κ2) is 5.02. The Kier molecular flexibility index (Phi) is 5.02. The summed E-state index contributed by atoms with van der Waals surface area (Å²) in [5.41, 5.74) is 2.51. The first-order chi connectivity index (χ1) is 5.54. The second-order valence-corrected chi connectivity index (χ2v) is 3.26. The maximum absolute atomic E-state index is 12.1. The normalized spacial score (nSPS) is 29.5. The summed E-state index contributed by atoms with van der Waals surface area (Å²) in [6.45, 7) is 0. The summed E-state index contributed by atoms with van der Waals surface area (Å²) in [4.78, 5) is 0. The van der Waals surface area contributed by atoms with E-state index in [1.54, 1.807) is 0 Å². The summed E-state index contributed by atoms with van der Waals surface area (Å²) in [6.07, 6.45) is -2.54. The number of nitrogens with one attached hydrogen (secondary N) is 1. The van der Waals surface area contributed by atoms with Gasteiger partial charge in [0.1, 0.15) is 0 Å². The quantitative estimate of drug-likeness (QED) is 0.522. The van der Waals surface area contributed by atoms with Gasteiger partial charge in [0.05, 0.1) is 5.92 Å². The zero-order chi connectivity index (χ0) is 9.19. The van der Waals surface area contributed by atoms with E-state index in [0.717, 1.165) is 0 Å². The van der Waals surface area contributed by atoms with E-state index in [1.165, 1.54) is 0 Å². The summed E-state index contributed by atoms with van der Waals surface area (Å²) in [5, 5.41) is 0. The third-order valence-corrected chi connectivity index (χ3v) is 2.43. The summed E-state index contributed by atoms with van der Waals surface area (Å²) >= 11 is 0. The van der Waals surface area contributed by atoms with Crippen LogP contribution in [-0.2, 0) is 0 Å². The van der Waals surface area contributed by atoms with Crippen LogP contribution in [0.3, 0.4) is 0 Å².